The minimum atomic E-state index is -0.130. The number of carbonyl (C=O) groups is 1. The number of nitrogens with zero attached hydrogens (tertiary/aromatic N) is 4. The average molecular weight is 412 g/mol. The Balaban J connectivity index is 1.29. The summed E-state index contributed by atoms with van der Waals surface area (Å²) in [6.07, 6.45) is 6.09. The van der Waals surface area contributed by atoms with Crippen LogP contribution < -0.4 is 10.2 Å². The van der Waals surface area contributed by atoms with Gasteiger partial charge < -0.3 is 20.0 Å². The van der Waals surface area contributed by atoms with E-state index in [1.807, 2.05) is 19.1 Å². The van der Waals surface area contributed by atoms with Crippen LogP contribution in [-0.4, -0.2) is 73.0 Å². The minimum Gasteiger partial charge on any atom is -0.365 e. The first kappa shape index (κ1) is 19.4. The summed E-state index contributed by atoms with van der Waals surface area (Å²) >= 11 is 0. The highest BCUT2D eigenvalue weighted by molar-refractivity contribution is 6.04. The van der Waals surface area contributed by atoms with Gasteiger partial charge in [-0.05, 0) is 43.0 Å². The Morgan fingerprint density at radius 1 is 1.17 bits per heavy atom. The molecule has 0 saturated carbocycles. The average Bonchev–Trinajstić information content (AvgIpc) is 2.74. The predicted octanol–water partition coefficient (Wildman–Crippen LogP) is 2.54. The molecule has 0 aromatic heterocycles. The molecule has 6 nitrogen and oxygen atoms in total. The summed E-state index contributed by atoms with van der Waals surface area (Å²) < 4.78 is 14.5. The van der Waals surface area contributed by atoms with E-state index in [1.54, 1.807) is 11.9 Å². The molecule has 1 amide bonds. The van der Waals surface area contributed by atoms with Crippen LogP contribution in [-0.2, 0) is 17.8 Å². The SMILES string of the molecule is CC1C(=O)Nc2cc(CN3CCN(C4=C(F)N(C)CC=C4)CC3)cc3c2N1CCC3. The molecule has 4 heterocycles. The van der Waals surface area contributed by atoms with Crippen LogP contribution >= 0.6 is 0 Å². The zero-order valence-corrected chi connectivity index (χ0v) is 17.8. The van der Waals surface area contributed by atoms with Crippen molar-refractivity contribution in [3.05, 3.63) is 47.1 Å². The van der Waals surface area contributed by atoms with Gasteiger partial charge in [0.1, 0.15) is 6.04 Å². The molecule has 1 aromatic carbocycles. The third-order valence-corrected chi connectivity index (χ3v) is 6.81. The number of allylic oxidation sites excluding steroid dienone is 1. The number of aryl methyl sites for hydroxylation is 1. The van der Waals surface area contributed by atoms with Gasteiger partial charge in [-0.25, -0.2) is 0 Å². The smallest absolute Gasteiger partial charge is 0.246 e. The molecule has 160 valence electrons. The third kappa shape index (κ3) is 3.35. The summed E-state index contributed by atoms with van der Waals surface area (Å²) in [4.78, 5) is 20.9. The van der Waals surface area contributed by atoms with E-state index < -0.39 is 0 Å². The second kappa shape index (κ2) is 7.61. The Labute approximate surface area is 177 Å². The van der Waals surface area contributed by atoms with Gasteiger partial charge in [0.05, 0.1) is 17.1 Å². The number of benzene rings is 1. The number of amides is 1. The van der Waals surface area contributed by atoms with Crippen molar-refractivity contribution in [2.75, 3.05) is 56.5 Å². The largest absolute Gasteiger partial charge is 0.365 e. The number of anilines is 2. The molecule has 1 fully saturated rings. The van der Waals surface area contributed by atoms with Crippen LogP contribution in [0, 0.1) is 0 Å². The molecule has 4 aliphatic rings. The second-order valence-electron chi connectivity index (χ2n) is 8.84. The lowest BCUT2D eigenvalue weighted by Gasteiger charge is -2.41. The first-order valence-corrected chi connectivity index (χ1v) is 11.0. The monoisotopic (exact) mass is 411 g/mol. The zero-order valence-electron chi connectivity index (χ0n) is 17.8. The zero-order chi connectivity index (χ0) is 20.8. The summed E-state index contributed by atoms with van der Waals surface area (Å²) in [6, 6.07) is 4.37. The van der Waals surface area contributed by atoms with Crippen LogP contribution in [0.5, 0.6) is 0 Å². The quantitative estimate of drug-likeness (QED) is 0.775. The molecular formula is C23H30FN5O. The van der Waals surface area contributed by atoms with E-state index in [0.717, 1.165) is 57.8 Å². The molecule has 7 heteroatoms. The van der Waals surface area contributed by atoms with E-state index in [9.17, 15) is 9.18 Å². The van der Waals surface area contributed by atoms with Gasteiger partial charge >= 0.3 is 0 Å². The Morgan fingerprint density at radius 2 is 1.97 bits per heavy atom. The Bertz CT molecular complexity index is 918. The summed E-state index contributed by atoms with van der Waals surface area (Å²) in [6.45, 7) is 7.86. The van der Waals surface area contributed by atoms with Crippen molar-refractivity contribution in [1.82, 2.24) is 14.7 Å². The van der Waals surface area contributed by atoms with Crippen molar-refractivity contribution in [1.29, 1.82) is 0 Å². The number of piperazine rings is 1. The molecule has 0 radical (unpaired) electrons. The summed E-state index contributed by atoms with van der Waals surface area (Å²) in [7, 11) is 1.79. The van der Waals surface area contributed by atoms with E-state index in [-0.39, 0.29) is 17.9 Å². The normalized spacial score (nSPS) is 24.3. The lowest BCUT2D eigenvalue weighted by molar-refractivity contribution is -0.117. The highest BCUT2D eigenvalue weighted by atomic mass is 19.1. The molecular weight excluding hydrogens is 381 g/mol. The van der Waals surface area contributed by atoms with Crippen LogP contribution in [0.25, 0.3) is 0 Å². The van der Waals surface area contributed by atoms with Crippen LogP contribution in [0.1, 0.15) is 24.5 Å². The Kier molecular flexibility index (Phi) is 4.93. The fourth-order valence-electron chi connectivity index (χ4n) is 5.10. The minimum absolute atomic E-state index is 0.0851. The predicted molar refractivity (Wildman–Crippen MR) is 117 cm³/mol. The molecule has 1 aromatic rings. The summed E-state index contributed by atoms with van der Waals surface area (Å²) in [5, 5.41) is 3.12. The van der Waals surface area contributed by atoms with Crippen molar-refractivity contribution in [2.24, 2.45) is 0 Å². The molecule has 30 heavy (non-hydrogen) atoms. The number of halogens is 1. The van der Waals surface area contributed by atoms with Crippen LogP contribution in [0.2, 0.25) is 0 Å². The van der Waals surface area contributed by atoms with Gasteiger partial charge in [-0.1, -0.05) is 12.1 Å². The van der Waals surface area contributed by atoms with Crippen molar-refractivity contribution >= 4 is 17.3 Å². The van der Waals surface area contributed by atoms with Crippen molar-refractivity contribution in [3.63, 3.8) is 0 Å². The summed E-state index contributed by atoms with van der Waals surface area (Å²) in [5.41, 5.74) is 5.49. The molecule has 1 unspecified atom stereocenters. The number of hydrogen-bond acceptors (Lipinski definition) is 5. The van der Waals surface area contributed by atoms with E-state index in [4.69, 9.17) is 0 Å². The van der Waals surface area contributed by atoms with Crippen LogP contribution in [0.3, 0.4) is 0 Å². The number of carbonyl (C=O) groups excluding carboxylic acids is 1. The second-order valence-corrected chi connectivity index (χ2v) is 8.84. The molecule has 0 spiro atoms. The van der Waals surface area contributed by atoms with Crippen molar-refractivity contribution in [3.8, 4) is 0 Å². The third-order valence-electron chi connectivity index (χ3n) is 6.81. The van der Waals surface area contributed by atoms with Gasteiger partial charge in [-0.3, -0.25) is 9.69 Å². The van der Waals surface area contributed by atoms with Gasteiger partial charge in [-0.15, -0.1) is 0 Å². The number of hydrogen-bond donors (Lipinski definition) is 1. The Morgan fingerprint density at radius 3 is 2.77 bits per heavy atom. The van der Waals surface area contributed by atoms with E-state index in [0.29, 0.717) is 12.2 Å². The highest BCUT2D eigenvalue weighted by Crippen LogP contribution is 2.40. The maximum Gasteiger partial charge on any atom is 0.246 e. The van der Waals surface area contributed by atoms with Gasteiger partial charge in [-0.2, -0.15) is 4.39 Å². The highest BCUT2D eigenvalue weighted by Gasteiger charge is 2.33. The van der Waals surface area contributed by atoms with E-state index in [2.05, 4.69) is 32.1 Å². The molecule has 0 aliphatic carbocycles. The molecule has 1 N–H and O–H groups in total. The van der Waals surface area contributed by atoms with Crippen molar-refractivity contribution in [2.45, 2.75) is 32.4 Å². The maximum absolute atomic E-state index is 14.5. The summed E-state index contributed by atoms with van der Waals surface area (Å²) in [5.74, 6) is -0.0452. The Hall–Kier alpha value is -2.54. The molecule has 1 saturated heterocycles. The van der Waals surface area contributed by atoms with Gasteiger partial charge in [0, 0.05) is 52.9 Å². The van der Waals surface area contributed by atoms with Crippen LogP contribution in [0.15, 0.2) is 35.9 Å². The fraction of sp³-hybridized carbons (Fsp3) is 0.522. The van der Waals surface area contributed by atoms with Gasteiger partial charge in [0.25, 0.3) is 0 Å². The van der Waals surface area contributed by atoms with E-state index in [1.165, 1.54) is 16.8 Å². The first-order chi connectivity index (χ1) is 14.5. The standard InChI is InChI=1S/C23H30FN5O/c1-16-23(30)25-19-14-17(13-18-5-3-8-29(16)21(18)19)15-27-9-11-28(12-10-27)20-6-4-7-26(2)22(20)24/h4,6,13-14,16H,3,5,7-12,15H2,1-2H3,(H,25,30). The van der Waals surface area contributed by atoms with E-state index >= 15 is 0 Å². The number of nitrogens with one attached hydrogen (secondary N) is 1. The molecule has 1 atom stereocenters. The van der Waals surface area contributed by atoms with Gasteiger partial charge in [0.15, 0.2) is 0 Å². The molecule has 4 aliphatic heterocycles. The maximum atomic E-state index is 14.5. The molecule has 0 bridgehead atoms. The van der Waals surface area contributed by atoms with Crippen LogP contribution in [0.4, 0.5) is 15.8 Å². The first-order valence-electron chi connectivity index (χ1n) is 11.0. The van der Waals surface area contributed by atoms with Gasteiger partial charge in [0.2, 0.25) is 11.9 Å². The molecule has 5 rings (SSSR count). The van der Waals surface area contributed by atoms with Crippen molar-refractivity contribution < 1.29 is 9.18 Å². The number of likely N-dealkylation sites (N-methyl/N-ethyl adjacent to an activating group) is 1. The fourth-order valence-corrected chi connectivity index (χ4v) is 5.10. The lowest BCUT2D eigenvalue weighted by atomic mass is 9.94. The lowest BCUT2D eigenvalue weighted by Crippen LogP contribution is -2.48. The number of rotatable bonds is 3. The topological polar surface area (TPSA) is 42.1 Å².